The highest BCUT2D eigenvalue weighted by atomic mass is 35.5. The van der Waals surface area contributed by atoms with Crippen LogP contribution in [-0.2, 0) is 17.9 Å². The number of hydrogen-bond donors (Lipinski definition) is 2. The van der Waals surface area contributed by atoms with Crippen molar-refractivity contribution in [1.82, 2.24) is 30.0 Å². The van der Waals surface area contributed by atoms with E-state index in [0.717, 1.165) is 30.2 Å². The largest absolute Gasteiger partial charge is 0.373 e. The molecule has 14 nitrogen and oxygen atoms in total. The average molecular weight is 650 g/mol. The summed E-state index contributed by atoms with van der Waals surface area (Å²) in [6.45, 7) is 8.91. The average Bonchev–Trinajstić information content (AvgIpc) is 3.60. The Hall–Kier alpha value is -4.27. The molecular weight excluding hydrogens is 615 g/mol. The monoisotopic (exact) mass is 648 g/mol. The lowest BCUT2D eigenvalue weighted by Crippen LogP contribution is -2.43. The summed E-state index contributed by atoms with van der Waals surface area (Å²) in [7, 11) is 0. The van der Waals surface area contributed by atoms with Crippen LogP contribution in [0.2, 0.25) is 10.3 Å². The van der Waals surface area contributed by atoms with Crippen LogP contribution in [0.5, 0.6) is 0 Å². The second-order valence-electron chi connectivity index (χ2n) is 10.1. The highest BCUT2D eigenvalue weighted by molar-refractivity contribution is 6.29. The van der Waals surface area contributed by atoms with Crippen LogP contribution in [-0.4, -0.2) is 78.3 Å². The normalized spacial score (nSPS) is 19.7. The zero-order valence-electron chi connectivity index (χ0n) is 24.1. The molecule has 0 radical (unpaired) electrons. The van der Waals surface area contributed by atoms with Gasteiger partial charge in [0.2, 0.25) is 0 Å². The predicted molar refractivity (Wildman–Crippen MR) is 164 cm³/mol. The Bertz CT molecular complexity index is 1370. The fraction of sp³-hybridized carbons (Fsp3) is 0.393. The van der Waals surface area contributed by atoms with E-state index in [0.29, 0.717) is 61.1 Å². The van der Waals surface area contributed by atoms with Crippen molar-refractivity contribution in [3.8, 4) is 0 Å². The molecule has 44 heavy (non-hydrogen) atoms. The van der Waals surface area contributed by atoms with Gasteiger partial charge in [0.05, 0.1) is 9.85 Å². The van der Waals surface area contributed by atoms with Gasteiger partial charge in [0, 0.05) is 70.4 Å². The second kappa shape index (κ2) is 16.5. The number of allylic oxidation sites excluding steroid dienone is 2. The number of fused-ring (bicyclic) bond motifs is 1. The van der Waals surface area contributed by atoms with E-state index in [2.05, 4.69) is 21.9 Å². The van der Waals surface area contributed by atoms with Crippen LogP contribution in [0.3, 0.4) is 0 Å². The summed E-state index contributed by atoms with van der Waals surface area (Å²) in [6.07, 6.45) is 6.77. The van der Waals surface area contributed by atoms with Crippen LogP contribution in [0.15, 0.2) is 72.9 Å². The number of nitrogens with zero attached hydrogens (tertiary/aromatic N) is 7. The maximum absolute atomic E-state index is 11.4. The number of nitrogens with one attached hydrogen (secondary N) is 1. The van der Waals surface area contributed by atoms with Crippen LogP contribution in [0.25, 0.3) is 0 Å². The summed E-state index contributed by atoms with van der Waals surface area (Å²) in [5.74, 6) is 0.914. The first kappa shape index (κ1) is 34.2. The molecule has 3 aliphatic heterocycles. The lowest BCUT2D eigenvalue weighted by Gasteiger charge is -2.35. The van der Waals surface area contributed by atoms with Gasteiger partial charge in [-0.25, -0.2) is 9.97 Å². The molecule has 0 aliphatic carbocycles. The topological polar surface area (TPSA) is 171 Å². The standard InChI is InChI=1S/C14H17ClN4O3.C10H11ClN4O2.C4H6O/c1-9-6-11(19(21)22)13-17(4-5-18(13)14(9)20)8-10-2-3-12(15)16-7-10;11-9-2-1-8(5-13-9)6-14-4-3-12-10(14)7-15(16)17;1-2-3-4-5/h2-3,7,9,14,20H,4-6,8H2,1H3;1-2,5,7,12H,3-4,6H2;2,4H,1,3H2/b;10-7-;. The number of aliphatic hydroxyl groups excluding tert-OH is 1. The van der Waals surface area contributed by atoms with Gasteiger partial charge in [0.1, 0.15) is 22.8 Å². The van der Waals surface area contributed by atoms with Crippen LogP contribution in [0.4, 0.5) is 0 Å². The Morgan fingerprint density at radius 2 is 1.66 bits per heavy atom. The third-order valence-corrected chi connectivity index (χ3v) is 7.29. The van der Waals surface area contributed by atoms with E-state index < -0.39 is 11.2 Å². The van der Waals surface area contributed by atoms with Gasteiger partial charge >= 0.3 is 0 Å². The minimum atomic E-state index is -0.674. The van der Waals surface area contributed by atoms with Crippen molar-refractivity contribution >= 4 is 29.5 Å². The SMILES string of the molecule is C=CCC=O.CC1CC([N+](=O)[O-])=C2N(Cc3ccc(Cl)nc3)CCN2C1O.O=[N+]([O-])/C=C1/NCCN1Cc1ccc(Cl)nc1. The summed E-state index contributed by atoms with van der Waals surface area (Å²) in [5, 5.41) is 35.9. The van der Waals surface area contributed by atoms with E-state index in [1.807, 2.05) is 28.9 Å². The number of carbonyl (C=O) groups excluding carboxylic acids is 1. The van der Waals surface area contributed by atoms with E-state index >= 15 is 0 Å². The molecule has 16 heteroatoms. The highest BCUT2D eigenvalue weighted by Crippen LogP contribution is 2.36. The summed E-state index contributed by atoms with van der Waals surface area (Å²) in [4.78, 5) is 43.9. The summed E-state index contributed by atoms with van der Waals surface area (Å²) >= 11 is 11.5. The van der Waals surface area contributed by atoms with Gasteiger partial charge in [-0.05, 0) is 23.3 Å². The minimum Gasteiger partial charge on any atom is -0.373 e. The zero-order chi connectivity index (χ0) is 32.2. The lowest BCUT2D eigenvalue weighted by molar-refractivity contribution is -0.435. The third-order valence-electron chi connectivity index (χ3n) is 6.85. The lowest BCUT2D eigenvalue weighted by atomic mass is 9.99. The Kier molecular flexibility index (Phi) is 12.9. The van der Waals surface area contributed by atoms with Crippen LogP contribution < -0.4 is 5.32 Å². The zero-order valence-corrected chi connectivity index (χ0v) is 25.6. The molecule has 5 heterocycles. The van der Waals surface area contributed by atoms with Crippen LogP contribution >= 0.6 is 23.2 Å². The van der Waals surface area contributed by atoms with E-state index in [9.17, 15) is 30.1 Å². The number of aliphatic hydroxyl groups is 1. The fourth-order valence-electron chi connectivity index (χ4n) is 4.80. The van der Waals surface area contributed by atoms with Crippen molar-refractivity contribution in [3.63, 3.8) is 0 Å². The number of carbonyl (C=O) groups is 1. The van der Waals surface area contributed by atoms with Crippen LogP contribution in [0.1, 0.15) is 30.9 Å². The molecule has 2 N–H and O–H groups in total. The van der Waals surface area contributed by atoms with Crippen molar-refractivity contribution in [2.45, 2.75) is 39.1 Å². The van der Waals surface area contributed by atoms with Crippen molar-refractivity contribution in [2.75, 3.05) is 26.2 Å². The molecular formula is C28H34Cl2N8O6. The molecule has 3 aliphatic rings. The molecule has 2 atom stereocenters. The van der Waals surface area contributed by atoms with Crippen molar-refractivity contribution < 1.29 is 19.7 Å². The van der Waals surface area contributed by atoms with Gasteiger partial charge in [0.15, 0.2) is 11.6 Å². The van der Waals surface area contributed by atoms with Gasteiger partial charge in [0.25, 0.3) is 11.9 Å². The summed E-state index contributed by atoms with van der Waals surface area (Å²) in [5.41, 5.74) is 2.07. The van der Waals surface area contributed by atoms with E-state index in [1.165, 1.54) is 0 Å². The van der Waals surface area contributed by atoms with E-state index in [-0.39, 0.29) is 23.0 Å². The summed E-state index contributed by atoms with van der Waals surface area (Å²) < 4.78 is 0. The molecule has 2 fully saturated rings. The van der Waals surface area contributed by atoms with Crippen molar-refractivity contribution in [2.24, 2.45) is 5.92 Å². The molecule has 0 aromatic carbocycles. The highest BCUT2D eigenvalue weighted by Gasteiger charge is 2.43. The first-order valence-electron chi connectivity index (χ1n) is 13.7. The number of aromatic nitrogens is 2. The molecule has 5 rings (SSSR count). The van der Waals surface area contributed by atoms with Crippen molar-refractivity contribution in [3.05, 3.63) is 115 Å². The first-order valence-corrected chi connectivity index (χ1v) is 14.5. The van der Waals surface area contributed by atoms with E-state index in [4.69, 9.17) is 23.2 Å². The quantitative estimate of drug-likeness (QED) is 0.140. The molecule has 0 saturated carbocycles. The molecule has 2 aromatic rings. The Balaban J connectivity index is 0.000000214. The number of nitro groups is 2. The van der Waals surface area contributed by atoms with Gasteiger partial charge < -0.3 is 29.9 Å². The molecule has 236 valence electrons. The van der Waals surface area contributed by atoms with Crippen molar-refractivity contribution in [1.29, 1.82) is 0 Å². The molecule has 0 amide bonds. The number of pyridine rings is 2. The predicted octanol–water partition coefficient (Wildman–Crippen LogP) is 3.63. The minimum absolute atomic E-state index is 0.152. The van der Waals surface area contributed by atoms with E-state index in [1.54, 1.807) is 35.5 Å². The Labute approximate surface area is 264 Å². The second-order valence-corrected chi connectivity index (χ2v) is 10.8. The number of rotatable bonds is 8. The molecule has 2 aromatic heterocycles. The first-order chi connectivity index (χ1) is 21.0. The maximum atomic E-state index is 11.4. The molecule has 2 unspecified atom stereocenters. The number of aldehydes is 1. The van der Waals surface area contributed by atoms with Gasteiger partial charge in [-0.15, -0.1) is 6.58 Å². The van der Waals surface area contributed by atoms with Gasteiger partial charge in [-0.2, -0.15) is 0 Å². The van der Waals surface area contributed by atoms with Crippen LogP contribution in [0, 0.1) is 26.1 Å². The number of hydrogen-bond acceptors (Lipinski definition) is 12. The number of halogens is 2. The summed E-state index contributed by atoms with van der Waals surface area (Å²) in [6, 6.07) is 7.12. The molecule has 0 bridgehead atoms. The van der Waals surface area contributed by atoms with Gasteiger partial charge in [-0.1, -0.05) is 48.3 Å². The Morgan fingerprint density at radius 1 is 1.05 bits per heavy atom. The van der Waals surface area contributed by atoms with Gasteiger partial charge in [-0.3, -0.25) is 20.2 Å². The Morgan fingerprint density at radius 3 is 2.14 bits per heavy atom. The fourth-order valence-corrected chi connectivity index (χ4v) is 5.02. The maximum Gasteiger partial charge on any atom is 0.286 e. The smallest absolute Gasteiger partial charge is 0.286 e. The molecule has 2 saturated heterocycles. The molecule has 0 spiro atoms. The third kappa shape index (κ3) is 9.62.